The third kappa shape index (κ3) is 5.15. The molecule has 0 atom stereocenters. The van der Waals surface area contributed by atoms with E-state index in [1.54, 1.807) is 30.3 Å². The second-order valence-corrected chi connectivity index (χ2v) is 8.83. The van der Waals surface area contributed by atoms with Gasteiger partial charge in [-0.1, -0.05) is 29.3 Å². The van der Waals surface area contributed by atoms with Gasteiger partial charge in [0, 0.05) is 24.5 Å². The summed E-state index contributed by atoms with van der Waals surface area (Å²) in [6.45, 7) is 1.35. The molecule has 1 heterocycles. The van der Waals surface area contributed by atoms with Gasteiger partial charge in [0.15, 0.2) is 0 Å². The van der Waals surface area contributed by atoms with Crippen LogP contribution in [-0.4, -0.2) is 51.5 Å². The third-order valence-corrected chi connectivity index (χ3v) is 6.73. The molecule has 1 aliphatic heterocycles. The predicted octanol–water partition coefficient (Wildman–Crippen LogP) is 3.06. The Morgan fingerprint density at radius 3 is 2.50 bits per heavy atom. The van der Waals surface area contributed by atoms with Crippen LogP contribution in [0.5, 0.6) is 0 Å². The van der Waals surface area contributed by atoms with Gasteiger partial charge in [0.25, 0.3) is 0 Å². The van der Waals surface area contributed by atoms with E-state index >= 15 is 0 Å². The van der Waals surface area contributed by atoms with E-state index in [9.17, 15) is 13.2 Å². The van der Waals surface area contributed by atoms with E-state index in [0.717, 1.165) is 0 Å². The summed E-state index contributed by atoms with van der Waals surface area (Å²) in [6.07, 6.45) is 0. The minimum Gasteiger partial charge on any atom is -0.379 e. The standard InChI is InChI=1S/C18H19Cl2N3O4S/c19-16-5-4-13(11-17(16)20)21-12-18(24)22-14-2-1-3-15(10-14)28(25,26)23-6-8-27-9-7-23/h1-5,10-11,21H,6-9,12H2,(H,22,24). The van der Waals surface area contributed by atoms with Gasteiger partial charge in [-0.15, -0.1) is 0 Å². The number of halogens is 2. The number of rotatable bonds is 6. The summed E-state index contributed by atoms with van der Waals surface area (Å²) in [5, 5.41) is 6.43. The molecular weight excluding hydrogens is 425 g/mol. The zero-order chi connectivity index (χ0) is 20.1. The highest BCUT2D eigenvalue weighted by molar-refractivity contribution is 7.89. The minimum absolute atomic E-state index is 0.0155. The van der Waals surface area contributed by atoms with Gasteiger partial charge in [-0.3, -0.25) is 4.79 Å². The molecule has 0 unspecified atom stereocenters. The van der Waals surface area contributed by atoms with Crippen molar-refractivity contribution in [2.24, 2.45) is 0 Å². The normalized spacial score (nSPS) is 15.2. The molecule has 0 radical (unpaired) electrons. The molecule has 3 rings (SSSR count). The molecule has 2 N–H and O–H groups in total. The van der Waals surface area contributed by atoms with Gasteiger partial charge in [-0.2, -0.15) is 4.31 Å². The maximum atomic E-state index is 12.7. The van der Waals surface area contributed by atoms with Crippen LogP contribution in [0, 0.1) is 0 Å². The summed E-state index contributed by atoms with van der Waals surface area (Å²) in [7, 11) is -3.63. The molecule has 28 heavy (non-hydrogen) atoms. The number of amides is 1. The van der Waals surface area contributed by atoms with Crippen LogP contribution in [0.4, 0.5) is 11.4 Å². The molecule has 0 aromatic heterocycles. The highest BCUT2D eigenvalue weighted by Crippen LogP contribution is 2.25. The van der Waals surface area contributed by atoms with Gasteiger partial charge in [-0.25, -0.2) is 8.42 Å². The van der Waals surface area contributed by atoms with Crippen molar-refractivity contribution in [3.63, 3.8) is 0 Å². The molecule has 2 aromatic carbocycles. The molecule has 2 aromatic rings. The smallest absolute Gasteiger partial charge is 0.243 e. The first-order valence-corrected chi connectivity index (χ1v) is 10.7. The van der Waals surface area contributed by atoms with E-state index in [1.165, 1.54) is 16.4 Å². The number of ether oxygens (including phenoxy) is 1. The van der Waals surface area contributed by atoms with Gasteiger partial charge in [-0.05, 0) is 36.4 Å². The number of hydrogen-bond acceptors (Lipinski definition) is 5. The van der Waals surface area contributed by atoms with E-state index in [-0.39, 0.29) is 17.3 Å². The second kappa shape index (κ2) is 9.11. The Hall–Kier alpha value is -1.84. The van der Waals surface area contributed by atoms with Crippen molar-refractivity contribution < 1.29 is 17.9 Å². The van der Waals surface area contributed by atoms with Crippen LogP contribution >= 0.6 is 23.2 Å². The number of carbonyl (C=O) groups is 1. The first-order chi connectivity index (χ1) is 13.4. The van der Waals surface area contributed by atoms with E-state index in [2.05, 4.69) is 10.6 Å². The zero-order valence-electron chi connectivity index (χ0n) is 14.8. The molecule has 7 nitrogen and oxygen atoms in total. The fourth-order valence-corrected chi connectivity index (χ4v) is 4.42. The lowest BCUT2D eigenvalue weighted by Gasteiger charge is -2.26. The van der Waals surface area contributed by atoms with Crippen LogP contribution in [0.2, 0.25) is 10.0 Å². The van der Waals surface area contributed by atoms with Crippen LogP contribution in [0.25, 0.3) is 0 Å². The van der Waals surface area contributed by atoms with E-state index in [0.29, 0.717) is 47.7 Å². The Morgan fingerprint density at radius 1 is 1.04 bits per heavy atom. The van der Waals surface area contributed by atoms with E-state index in [1.807, 2.05) is 0 Å². The van der Waals surface area contributed by atoms with Crippen molar-refractivity contribution in [1.82, 2.24) is 4.31 Å². The molecule has 1 amide bonds. The van der Waals surface area contributed by atoms with Gasteiger partial charge in [0.05, 0.1) is 34.7 Å². The largest absolute Gasteiger partial charge is 0.379 e. The molecule has 1 saturated heterocycles. The number of nitrogens with one attached hydrogen (secondary N) is 2. The van der Waals surface area contributed by atoms with Crippen molar-refractivity contribution in [2.75, 3.05) is 43.5 Å². The van der Waals surface area contributed by atoms with Gasteiger partial charge >= 0.3 is 0 Å². The molecule has 0 aliphatic carbocycles. The summed E-state index contributed by atoms with van der Waals surface area (Å²) in [5.74, 6) is -0.327. The number of carbonyl (C=O) groups excluding carboxylic acids is 1. The molecule has 0 bridgehead atoms. The highest BCUT2D eigenvalue weighted by Gasteiger charge is 2.26. The second-order valence-electron chi connectivity index (χ2n) is 6.07. The van der Waals surface area contributed by atoms with Gasteiger partial charge < -0.3 is 15.4 Å². The van der Waals surface area contributed by atoms with Crippen LogP contribution < -0.4 is 10.6 Å². The fourth-order valence-electron chi connectivity index (χ4n) is 2.66. The Kier molecular flexibility index (Phi) is 6.79. The fraction of sp³-hybridized carbons (Fsp3) is 0.278. The summed E-state index contributed by atoms with van der Waals surface area (Å²) in [4.78, 5) is 12.3. The van der Waals surface area contributed by atoms with Crippen molar-refractivity contribution in [1.29, 1.82) is 0 Å². The minimum atomic E-state index is -3.63. The lowest BCUT2D eigenvalue weighted by atomic mass is 10.3. The SMILES string of the molecule is O=C(CNc1ccc(Cl)c(Cl)c1)Nc1cccc(S(=O)(=O)N2CCOCC2)c1. The average molecular weight is 444 g/mol. The molecular formula is C18H19Cl2N3O4S. The maximum absolute atomic E-state index is 12.7. The summed E-state index contributed by atoms with van der Waals surface area (Å²) in [5.41, 5.74) is 1.04. The Bertz CT molecular complexity index is 963. The first-order valence-electron chi connectivity index (χ1n) is 8.53. The first kappa shape index (κ1) is 20.9. The topological polar surface area (TPSA) is 87.7 Å². The Morgan fingerprint density at radius 2 is 1.79 bits per heavy atom. The molecule has 150 valence electrons. The third-order valence-electron chi connectivity index (χ3n) is 4.10. The number of nitrogens with zero attached hydrogens (tertiary/aromatic N) is 1. The summed E-state index contributed by atoms with van der Waals surface area (Å²) in [6, 6.07) is 11.1. The van der Waals surface area contributed by atoms with Crippen LogP contribution in [0.3, 0.4) is 0 Å². The number of sulfonamides is 1. The van der Waals surface area contributed by atoms with Crippen LogP contribution in [-0.2, 0) is 19.6 Å². The average Bonchev–Trinajstić information content (AvgIpc) is 2.70. The quantitative estimate of drug-likeness (QED) is 0.715. The van der Waals surface area contributed by atoms with Crippen molar-refractivity contribution in [3.05, 3.63) is 52.5 Å². The van der Waals surface area contributed by atoms with Crippen LogP contribution in [0.1, 0.15) is 0 Å². The molecule has 10 heteroatoms. The number of morpholine rings is 1. The Balaban J connectivity index is 1.63. The van der Waals surface area contributed by atoms with Crippen LogP contribution in [0.15, 0.2) is 47.4 Å². The van der Waals surface area contributed by atoms with Crippen molar-refractivity contribution >= 4 is 50.5 Å². The van der Waals surface area contributed by atoms with E-state index < -0.39 is 10.0 Å². The summed E-state index contributed by atoms with van der Waals surface area (Å²) >= 11 is 11.8. The lowest BCUT2D eigenvalue weighted by molar-refractivity contribution is -0.114. The highest BCUT2D eigenvalue weighted by atomic mass is 35.5. The number of anilines is 2. The maximum Gasteiger partial charge on any atom is 0.243 e. The molecule has 1 aliphatic rings. The Labute approximate surface area is 173 Å². The lowest BCUT2D eigenvalue weighted by Crippen LogP contribution is -2.40. The number of benzene rings is 2. The van der Waals surface area contributed by atoms with E-state index in [4.69, 9.17) is 27.9 Å². The molecule has 0 spiro atoms. The predicted molar refractivity (Wildman–Crippen MR) is 110 cm³/mol. The zero-order valence-corrected chi connectivity index (χ0v) is 17.1. The molecule has 1 fully saturated rings. The van der Waals surface area contributed by atoms with Crippen molar-refractivity contribution in [3.8, 4) is 0 Å². The summed E-state index contributed by atoms with van der Waals surface area (Å²) < 4.78 is 32.0. The molecule has 0 saturated carbocycles. The van der Waals surface area contributed by atoms with Crippen molar-refractivity contribution in [2.45, 2.75) is 4.90 Å². The van der Waals surface area contributed by atoms with Gasteiger partial charge in [0.2, 0.25) is 15.9 Å². The van der Waals surface area contributed by atoms with Gasteiger partial charge in [0.1, 0.15) is 0 Å². The number of hydrogen-bond donors (Lipinski definition) is 2. The monoisotopic (exact) mass is 443 g/mol.